The number of piperidine rings is 1. The van der Waals surface area contributed by atoms with Crippen LogP contribution < -0.4 is 0 Å². The first-order valence-corrected chi connectivity index (χ1v) is 20.9. The largest absolute Gasteiger partial charge is 0.456 e. The molecule has 2 bridgehead atoms. The summed E-state index contributed by atoms with van der Waals surface area (Å²) in [5.74, 6) is -7.76. The number of nitrogens with zero attached hydrogens (tertiary/aromatic N) is 1. The van der Waals surface area contributed by atoms with Crippen LogP contribution in [0.2, 0.25) is 0 Å². The number of amides is 1. The van der Waals surface area contributed by atoms with Gasteiger partial charge in [-0.1, -0.05) is 44.6 Å². The lowest BCUT2D eigenvalue weighted by molar-refractivity contribution is -0.302. The maximum absolute atomic E-state index is 14.3. The molecule has 57 heavy (non-hydrogen) atoms. The van der Waals surface area contributed by atoms with Crippen molar-refractivity contribution in [3.8, 4) is 0 Å². The second kappa shape index (κ2) is 21.0. The number of aliphatic hydroxyl groups excluding tert-OH is 2. The van der Waals surface area contributed by atoms with Gasteiger partial charge in [0, 0.05) is 52.0 Å². The van der Waals surface area contributed by atoms with Gasteiger partial charge in [-0.15, -0.1) is 6.58 Å². The number of fused-ring (bicyclic) bond motifs is 3. The molecule has 0 spiro atoms. The number of esters is 1. The Labute approximate surface area is 339 Å². The third-order valence-electron chi connectivity index (χ3n) is 12.9. The molecule has 3 N–H and O–H groups in total. The van der Waals surface area contributed by atoms with Crippen LogP contribution in [0.15, 0.2) is 36.0 Å². The van der Waals surface area contributed by atoms with Crippen molar-refractivity contribution in [2.45, 2.75) is 160 Å². The Morgan fingerprint density at radius 2 is 1.60 bits per heavy atom. The van der Waals surface area contributed by atoms with Crippen LogP contribution in [0.25, 0.3) is 0 Å². The fourth-order valence-electron chi connectivity index (χ4n) is 9.42. The summed E-state index contributed by atoms with van der Waals surface area (Å²) in [6.07, 6.45) is 4.93. The molecule has 2 unspecified atom stereocenters. The highest BCUT2D eigenvalue weighted by Crippen LogP contribution is 2.39. The summed E-state index contributed by atoms with van der Waals surface area (Å²) in [4.78, 5) is 57.8. The first-order chi connectivity index (χ1) is 27.0. The summed E-state index contributed by atoms with van der Waals surface area (Å²) in [5, 5.41) is 34.1. The van der Waals surface area contributed by atoms with E-state index in [0.29, 0.717) is 56.9 Å². The number of cyclic esters (lactones) is 1. The van der Waals surface area contributed by atoms with Crippen LogP contribution in [0.3, 0.4) is 0 Å². The van der Waals surface area contributed by atoms with Gasteiger partial charge in [-0.2, -0.15) is 0 Å². The third kappa shape index (κ3) is 11.3. The van der Waals surface area contributed by atoms with E-state index in [9.17, 15) is 34.5 Å². The Kier molecular flexibility index (Phi) is 17.2. The molecule has 0 aromatic carbocycles. The Morgan fingerprint density at radius 1 is 0.930 bits per heavy atom. The first-order valence-electron chi connectivity index (χ1n) is 20.9. The molecule has 0 aromatic heterocycles. The van der Waals surface area contributed by atoms with Crippen molar-refractivity contribution in [1.29, 1.82) is 0 Å². The summed E-state index contributed by atoms with van der Waals surface area (Å²) in [5.41, 5.74) is 1.61. The van der Waals surface area contributed by atoms with Crippen LogP contribution in [0.1, 0.15) is 105 Å². The highest BCUT2D eigenvalue weighted by atomic mass is 16.7. The number of ketones is 2. The number of Topliss-reactive ketones (excluding diaryl/α,β-unsaturated/α-hetero) is 2. The fourth-order valence-corrected chi connectivity index (χ4v) is 9.42. The average molecular weight is 804 g/mol. The van der Waals surface area contributed by atoms with Crippen LogP contribution in [0.5, 0.6) is 0 Å². The van der Waals surface area contributed by atoms with Crippen molar-refractivity contribution in [1.82, 2.24) is 4.90 Å². The SMILES string of the molecule is C=CC[C@@H]1/C=C(\C)C[C@H](C)C[C@H](OC)[C@H]2O[C@@](O)(C(=O)C(=O)N3CCCCC3C(=O)O[C@H](/C(C)=C/C3CC[C@@H](O)[C@H](OC)C3)[C@H](C)[C@@H](O)CC1=O)[C@H](C)C[C@@H]2OC. The van der Waals surface area contributed by atoms with E-state index in [2.05, 4.69) is 6.58 Å². The lowest BCUT2D eigenvalue weighted by atomic mass is 9.81. The van der Waals surface area contributed by atoms with Gasteiger partial charge in [0.15, 0.2) is 0 Å². The molecule has 14 atom stereocenters. The van der Waals surface area contributed by atoms with E-state index in [0.717, 1.165) is 5.57 Å². The lowest BCUT2D eigenvalue weighted by Crippen LogP contribution is -2.64. The minimum Gasteiger partial charge on any atom is -0.456 e. The molecule has 0 radical (unpaired) electrons. The Balaban J connectivity index is 1.78. The monoisotopic (exact) mass is 803 g/mol. The fraction of sp³-hybridized carbons (Fsp3) is 0.773. The molecule has 4 aliphatic rings. The molecule has 322 valence electrons. The lowest BCUT2D eigenvalue weighted by Gasteiger charge is -2.47. The van der Waals surface area contributed by atoms with Crippen LogP contribution in [-0.2, 0) is 42.9 Å². The molecule has 13 nitrogen and oxygen atoms in total. The number of allylic oxidation sites excluding steroid dienone is 4. The van der Waals surface area contributed by atoms with Gasteiger partial charge >= 0.3 is 5.97 Å². The van der Waals surface area contributed by atoms with Crippen LogP contribution >= 0.6 is 0 Å². The van der Waals surface area contributed by atoms with E-state index in [1.54, 1.807) is 27.0 Å². The van der Waals surface area contributed by atoms with Crippen LogP contribution in [-0.4, -0.2) is 126 Å². The standard InChI is InChI=1S/C44H69NO12/c1-10-13-31-19-25(2)18-26(3)20-37(54-8)40-38(55-9)22-28(5)44(52,57-40)41(49)42(50)45-17-12-11-14-32(45)43(51)56-39(29(6)34(47)24-35(31)48)27(4)21-30-15-16-33(46)36(23-30)53-7/h10,19,21,26,28-34,36-40,46-47,52H,1,11-18,20,22-24H2,2-9H3/b25-19+,27-21+/t26-,28+,29+,30?,31+,32?,33+,34-,36+,37-,38-,39+,40+,44+/m0/s1. The van der Waals surface area contributed by atoms with Gasteiger partial charge in [0.05, 0.1) is 30.5 Å². The smallest absolute Gasteiger partial charge is 0.329 e. The average Bonchev–Trinajstić information content (AvgIpc) is 3.18. The predicted molar refractivity (Wildman–Crippen MR) is 213 cm³/mol. The van der Waals surface area contributed by atoms with Crippen LogP contribution in [0, 0.1) is 29.6 Å². The van der Waals surface area contributed by atoms with Gasteiger partial charge in [-0.25, -0.2) is 4.79 Å². The van der Waals surface area contributed by atoms with Gasteiger partial charge in [0.25, 0.3) is 11.7 Å². The summed E-state index contributed by atoms with van der Waals surface area (Å²) in [6.45, 7) is 13.1. The molecule has 1 saturated carbocycles. The van der Waals surface area contributed by atoms with Gasteiger partial charge in [0.2, 0.25) is 5.79 Å². The number of hydrogen-bond acceptors (Lipinski definition) is 12. The van der Waals surface area contributed by atoms with Gasteiger partial charge in [-0.05, 0) is 95.5 Å². The molecule has 13 heteroatoms. The van der Waals surface area contributed by atoms with Crippen molar-refractivity contribution in [3.63, 3.8) is 0 Å². The number of carbonyl (C=O) groups is 4. The normalized spacial score (nSPS) is 41.0. The van der Waals surface area contributed by atoms with Crippen molar-refractivity contribution >= 4 is 23.4 Å². The first kappa shape index (κ1) is 46.9. The van der Waals surface area contributed by atoms with Gasteiger partial charge in [-0.3, -0.25) is 14.4 Å². The topological polar surface area (TPSA) is 178 Å². The molecular weight excluding hydrogens is 734 g/mol. The highest BCUT2D eigenvalue weighted by Gasteiger charge is 2.56. The molecular formula is C44H69NO12. The Hall–Kier alpha value is -2.78. The van der Waals surface area contributed by atoms with Gasteiger partial charge < -0.3 is 43.9 Å². The van der Waals surface area contributed by atoms with Crippen molar-refractivity contribution in [2.75, 3.05) is 27.9 Å². The number of aliphatic hydroxyl groups is 3. The summed E-state index contributed by atoms with van der Waals surface area (Å²) in [6, 6.07) is -1.14. The quantitative estimate of drug-likeness (QED) is 0.185. The summed E-state index contributed by atoms with van der Waals surface area (Å²) < 4.78 is 29.7. The van der Waals surface area contributed by atoms with E-state index in [1.165, 1.54) is 19.1 Å². The molecule has 3 aliphatic heterocycles. The molecule has 3 heterocycles. The van der Waals surface area contributed by atoms with E-state index < -0.39 is 83.9 Å². The number of hydrogen-bond donors (Lipinski definition) is 3. The Bertz CT molecular complexity index is 1480. The number of methoxy groups -OCH3 is 3. The number of ether oxygens (including phenoxy) is 5. The maximum Gasteiger partial charge on any atom is 0.329 e. The highest BCUT2D eigenvalue weighted by molar-refractivity contribution is 6.39. The number of carbonyl (C=O) groups excluding carboxylic acids is 4. The minimum absolute atomic E-state index is 0.00988. The molecule has 4 rings (SSSR count). The molecule has 1 amide bonds. The zero-order valence-electron chi connectivity index (χ0n) is 35.4. The van der Waals surface area contributed by atoms with E-state index in [4.69, 9.17) is 23.7 Å². The third-order valence-corrected chi connectivity index (χ3v) is 12.9. The predicted octanol–water partition coefficient (Wildman–Crippen LogP) is 4.64. The maximum atomic E-state index is 14.3. The Morgan fingerprint density at radius 3 is 2.25 bits per heavy atom. The second-order valence-electron chi connectivity index (χ2n) is 17.3. The summed E-state index contributed by atoms with van der Waals surface area (Å²) >= 11 is 0. The zero-order valence-corrected chi connectivity index (χ0v) is 35.4. The minimum atomic E-state index is -2.51. The van der Waals surface area contributed by atoms with E-state index >= 15 is 0 Å². The van der Waals surface area contributed by atoms with E-state index in [1.807, 2.05) is 32.9 Å². The summed E-state index contributed by atoms with van der Waals surface area (Å²) in [7, 11) is 4.61. The zero-order chi connectivity index (χ0) is 42.2. The molecule has 1 aliphatic carbocycles. The van der Waals surface area contributed by atoms with Crippen molar-refractivity contribution in [3.05, 3.63) is 36.0 Å². The van der Waals surface area contributed by atoms with E-state index in [-0.39, 0.29) is 49.5 Å². The molecule has 0 aromatic rings. The van der Waals surface area contributed by atoms with Crippen LogP contribution in [0.4, 0.5) is 0 Å². The number of rotatable bonds is 7. The molecule has 2 saturated heterocycles. The second-order valence-corrected chi connectivity index (χ2v) is 17.3. The van der Waals surface area contributed by atoms with Crippen molar-refractivity contribution in [2.24, 2.45) is 29.6 Å². The molecule has 3 fully saturated rings. The van der Waals surface area contributed by atoms with Gasteiger partial charge in [0.1, 0.15) is 24.0 Å². The van der Waals surface area contributed by atoms with Crippen molar-refractivity contribution < 1.29 is 58.2 Å².